The van der Waals surface area contributed by atoms with E-state index >= 15 is 0 Å². The van der Waals surface area contributed by atoms with Crippen molar-refractivity contribution in [3.05, 3.63) is 11.5 Å². The number of hydrogen-bond donors (Lipinski definition) is 1. The summed E-state index contributed by atoms with van der Waals surface area (Å²) >= 11 is 0. The molecule has 2 N–H and O–H groups in total. The van der Waals surface area contributed by atoms with Gasteiger partial charge in [-0.1, -0.05) is 6.42 Å². The summed E-state index contributed by atoms with van der Waals surface area (Å²) in [6.07, 6.45) is 3.85. The molecule has 1 saturated heterocycles. The van der Waals surface area contributed by atoms with E-state index in [1.165, 1.54) is 19.3 Å². The van der Waals surface area contributed by atoms with Gasteiger partial charge in [0, 0.05) is 12.6 Å². The zero-order valence-electron chi connectivity index (χ0n) is 13.3. The highest BCUT2D eigenvalue weighted by molar-refractivity contribution is 5.92. The van der Waals surface area contributed by atoms with E-state index in [2.05, 4.69) is 16.8 Å². The highest BCUT2D eigenvalue weighted by Gasteiger charge is 2.23. The van der Waals surface area contributed by atoms with Crippen LogP contribution < -0.4 is 5.73 Å². The Morgan fingerprint density at radius 3 is 2.67 bits per heavy atom. The van der Waals surface area contributed by atoms with Crippen LogP contribution in [0.15, 0.2) is 0 Å². The monoisotopic (exact) mass is 294 g/mol. The van der Waals surface area contributed by atoms with Gasteiger partial charge in [0.05, 0.1) is 6.61 Å². The first-order valence-corrected chi connectivity index (χ1v) is 7.78. The second-order valence-corrected chi connectivity index (χ2v) is 5.69. The molecule has 0 amide bonds. The Morgan fingerprint density at radius 1 is 1.38 bits per heavy atom. The third-order valence-electron chi connectivity index (χ3n) is 4.01. The normalized spacial score (nSPS) is 17.7. The molecular weight excluding hydrogens is 268 g/mol. The summed E-state index contributed by atoms with van der Waals surface area (Å²) in [5.41, 5.74) is 6.36. The minimum Gasteiger partial charge on any atom is -0.461 e. The van der Waals surface area contributed by atoms with Crippen LogP contribution in [0.1, 0.15) is 55.5 Å². The van der Waals surface area contributed by atoms with Crippen LogP contribution in [0.3, 0.4) is 0 Å². The zero-order chi connectivity index (χ0) is 15.4. The predicted molar refractivity (Wildman–Crippen MR) is 82.3 cm³/mol. The maximum atomic E-state index is 11.9. The van der Waals surface area contributed by atoms with Crippen LogP contribution in [0.5, 0.6) is 0 Å². The molecule has 0 bridgehead atoms. The van der Waals surface area contributed by atoms with Crippen molar-refractivity contribution in [1.29, 1.82) is 0 Å². The lowest BCUT2D eigenvalue weighted by Gasteiger charge is -2.30. The average molecular weight is 294 g/mol. The summed E-state index contributed by atoms with van der Waals surface area (Å²) in [5, 5.41) is 0. The SMILES string of the molecule is CCOC(=O)c1nc(C)n(C(C)CN2CCCCC2)c1N. The second kappa shape index (κ2) is 6.93. The molecule has 0 saturated carbocycles. The molecule has 118 valence electrons. The molecule has 2 heterocycles. The first-order chi connectivity index (χ1) is 10.0. The number of carbonyl (C=O) groups is 1. The standard InChI is InChI=1S/C15H26N4O2/c1-4-21-15(20)13-14(16)19(12(3)17-13)11(2)10-18-8-6-5-7-9-18/h11H,4-10,16H2,1-3H3. The Balaban J connectivity index is 2.12. The van der Waals surface area contributed by atoms with Crippen LogP contribution >= 0.6 is 0 Å². The van der Waals surface area contributed by atoms with Crippen LogP contribution in [0.2, 0.25) is 0 Å². The number of imidazole rings is 1. The molecule has 2 rings (SSSR count). The van der Waals surface area contributed by atoms with Crippen molar-refractivity contribution >= 4 is 11.8 Å². The summed E-state index contributed by atoms with van der Waals surface area (Å²) in [6.45, 7) is 9.32. The molecule has 1 aromatic rings. The summed E-state index contributed by atoms with van der Waals surface area (Å²) in [4.78, 5) is 18.6. The van der Waals surface area contributed by atoms with E-state index in [9.17, 15) is 4.79 Å². The van der Waals surface area contributed by atoms with Crippen molar-refractivity contribution in [3.8, 4) is 0 Å². The molecule has 1 unspecified atom stereocenters. The van der Waals surface area contributed by atoms with Crippen LogP contribution in [-0.2, 0) is 4.74 Å². The van der Waals surface area contributed by atoms with Crippen molar-refractivity contribution in [2.24, 2.45) is 0 Å². The van der Waals surface area contributed by atoms with Crippen LogP contribution in [0.25, 0.3) is 0 Å². The lowest BCUT2D eigenvalue weighted by Crippen LogP contribution is -2.34. The topological polar surface area (TPSA) is 73.4 Å². The van der Waals surface area contributed by atoms with Crippen molar-refractivity contribution in [2.75, 3.05) is 32.0 Å². The van der Waals surface area contributed by atoms with Crippen molar-refractivity contribution < 1.29 is 9.53 Å². The lowest BCUT2D eigenvalue weighted by atomic mass is 10.1. The number of piperidine rings is 1. The van der Waals surface area contributed by atoms with Gasteiger partial charge in [-0.2, -0.15) is 0 Å². The molecule has 0 aromatic carbocycles. The Bertz CT molecular complexity index is 492. The Hall–Kier alpha value is -1.56. The Labute approximate surface area is 126 Å². The van der Waals surface area contributed by atoms with Crippen LogP contribution in [0.4, 0.5) is 5.82 Å². The third-order valence-corrected chi connectivity index (χ3v) is 4.01. The summed E-state index contributed by atoms with van der Waals surface area (Å²) in [6, 6.07) is 0.193. The van der Waals surface area contributed by atoms with Gasteiger partial charge in [0.2, 0.25) is 0 Å². The molecule has 1 aliphatic rings. The number of nitrogen functional groups attached to an aromatic ring is 1. The largest absolute Gasteiger partial charge is 0.461 e. The number of nitrogens with two attached hydrogens (primary N) is 1. The number of aromatic nitrogens is 2. The predicted octanol–water partition coefficient (Wildman–Crippen LogP) is 2.00. The van der Waals surface area contributed by atoms with Gasteiger partial charge in [0.15, 0.2) is 5.69 Å². The highest BCUT2D eigenvalue weighted by Crippen LogP contribution is 2.22. The molecule has 0 spiro atoms. The molecule has 1 atom stereocenters. The quantitative estimate of drug-likeness (QED) is 0.841. The number of likely N-dealkylation sites (tertiary alicyclic amines) is 1. The number of carbonyl (C=O) groups excluding carboxylic acids is 1. The van der Waals surface area contributed by atoms with E-state index in [0.29, 0.717) is 12.4 Å². The fourth-order valence-electron chi connectivity index (χ4n) is 3.06. The molecule has 21 heavy (non-hydrogen) atoms. The summed E-state index contributed by atoms with van der Waals surface area (Å²) in [7, 11) is 0. The van der Waals surface area contributed by atoms with E-state index in [1.54, 1.807) is 6.92 Å². The maximum absolute atomic E-state index is 11.9. The van der Waals surface area contributed by atoms with Crippen molar-refractivity contribution in [1.82, 2.24) is 14.5 Å². The van der Waals surface area contributed by atoms with E-state index in [1.807, 2.05) is 11.5 Å². The van der Waals surface area contributed by atoms with E-state index in [0.717, 1.165) is 25.5 Å². The van der Waals surface area contributed by atoms with Crippen LogP contribution in [-0.4, -0.2) is 46.7 Å². The minimum absolute atomic E-state index is 0.193. The minimum atomic E-state index is -0.443. The van der Waals surface area contributed by atoms with E-state index in [-0.39, 0.29) is 11.7 Å². The van der Waals surface area contributed by atoms with E-state index < -0.39 is 5.97 Å². The van der Waals surface area contributed by atoms with Gasteiger partial charge in [-0.3, -0.25) is 0 Å². The van der Waals surface area contributed by atoms with Gasteiger partial charge in [-0.05, 0) is 46.7 Å². The number of anilines is 1. The Kier molecular flexibility index (Phi) is 5.22. The number of ether oxygens (including phenoxy) is 1. The van der Waals surface area contributed by atoms with Gasteiger partial charge < -0.3 is 19.9 Å². The molecular formula is C15H26N4O2. The molecule has 1 aliphatic heterocycles. The van der Waals surface area contributed by atoms with Crippen molar-refractivity contribution in [2.45, 2.75) is 46.1 Å². The first-order valence-electron chi connectivity index (χ1n) is 7.78. The Morgan fingerprint density at radius 2 is 2.05 bits per heavy atom. The van der Waals surface area contributed by atoms with Crippen LogP contribution in [0, 0.1) is 6.92 Å². The third kappa shape index (κ3) is 3.56. The van der Waals surface area contributed by atoms with Crippen molar-refractivity contribution in [3.63, 3.8) is 0 Å². The number of nitrogens with zero attached hydrogens (tertiary/aromatic N) is 3. The lowest BCUT2D eigenvalue weighted by molar-refractivity contribution is 0.0521. The van der Waals surface area contributed by atoms with Gasteiger partial charge >= 0.3 is 5.97 Å². The van der Waals surface area contributed by atoms with E-state index in [4.69, 9.17) is 10.5 Å². The molecule has 6 nitrogen and oxygen atoms in total. The second-order valence-electron chi connectivity index (χ2n) is 5.69. The van der Waals surface area contributed by atoms with Gasteiger partial charge in [0.1, 0.15) is 11.6 Å². The number of aryl methyl sites for hydroxylation is 1. The highest BCUT2D eigenvalue weighted by atomic mass is 16.5. The molecule has 6 heteroatoms. The molecule has 0 radical (unpaired) electrons. The smallest absolute Gasteiger partial charge is 0.360 e. The first kappa shape index (κ1) is 15.8. The van der Waals surface area contributed by atoms with Gasteiger partial charge in [0.25, 0.3) is 0 Å². The molecule has 1 aromatic heterocycles. The van der Waals surface area contributed by atoms with Gasteiger partial charge in [-0.15, -0.1) is 0 Å². The molecule has 1 fully saturated rings. The fourth-order valence-corrected chi connectivity index (χ4v) is 3.06. The summed E-state index contributed by atoms with van der Waals surface area (Å²) in [5.74, 6) is 0.734. The number of esters is 1. The maximum Gasteiger partial charge on any atom is 0.360 e. The summed E-state index contributed by atoms with van der Waals surface area (Å²) < 4.78 is 6.95. The number of hydrogen-bond acceptors (Lipinski definition) is 5. The zero-order valence-corrected chi connectivity index (χ0v) is 13.3. The van der Waals surface area contributed by atoms with Gasteiger partial charge in [-0.25, -0.2) is 9.78 Å². The molecule has 0 aliphatic carbocycles. The number of rotatable bonds is 5. The average Bonchev–Trinajstić information content (AvgIpc) is 2.75. The fraction of sp³-hybridized carbons (Fsp3) is 0.733.